The molecule has 0 spiro atoms. The van der Waals surface area contributed by atoms with Crippen molar-refractivity contribution in [2.45, 2.75) is 32.0 Å². The highest BCUT2D eigenvalue weighted by Crippen LogP contribution is 2.16. The van der Waals surface area contributed by atoms with E-state index in [-0.39, 0.29) is 24.1 Å². The Morgan fingerprint density at radius 2 is 2.00 bits per heavy atom. The molecule has 1 aliphatic rings. The van der Waals surface area contributed by atoms with Gasteiger partial charge in [-0.15, -0.1) is 11.3 Å². The van der Waals surface area contributed by atoms with Crippen LogP contribution in [0.1, 0.15) is 17.7 Å². The number of benzene rings is 1. The van der Waals surface area contributed by atoms with Gasteiger partial charge in [-0.25, -0.2) is 4.68 Å². The number of hydrogen-bond donors (Lipinski definition) is 1. The van der Waals surface area contributed by atoms with Crippen molar-refractivity contribution in [3.63, 3.8) is 0 Å². The summed E-state index contributed by atoms with van der Waals surface area (Å²) in [5.41, 5.74) is -0.228. The summed E-state index contributed by atoms with van der Waals surface area (Å²) in [4.78, 5) is 28.6. The second-order valence-corrected chi connectivity index (χ2v) is 7.92. The van der Waals surface area contributed by atoms with Crippen LogP contribution in [0, 0.1) is 0 Å². The molecule has 6 nitrogen and oxygen atoms in total. The van der Waals surface area contributed by atoms with E-state index in [4.69, 9.17) is 0 Å². The van der Waals surface area contributed by atoms with Crippen LogP contribution in [0.2, 0.25) is 0 Å². The second kappa shape index (κ2) is 8.02. The standard InChI is InChI=1S/C20H22N4O2S/c25-19(14-24-20(26)18-6-2-1-4-15(18)12-21-24)22-16-7-9-23(10-8-16)13-17-5-3-11-27-17/h1-6,11-12,16H,7-10,13-14H2,(H,22,25). The van der Waals surface area contributed by atoms with Gasteiger partial charge in [-0.3, -0.25) is 14.5 Å². The molecule has 0 unspecified atom stereocenters. The van der Waals surface area contributed by atoms with Gasteiger partial charge in [0.1, 0.15) is 6.54 Å². The summed E-state index contributed by atoms with van der Waals surface area (Å²) in [5, 5.41) is 10.7. The fraction of sp³-hybridized carbons (Fsp3) is 0.350. The zero-order valence-electron chi connectivity index (χ0n) is 15.0. The highest BCUT2D eigenvalue weighted by molar-refractivity contribution is 7.09. The first kappa shape index (κ1) is 17.9. The van der Waals surface area contributed by atoms with Crippen molar-refractivity contribution in [3.8, 4) is 0 Å². The van der Waals surface area contributed by atoms with E-state index < -0.39 is 0 Å². The van der Waals surface area contributed by atoms with Crippen LogP contribution in [0.15, 0.2) is 52.8 Å². The molecule has 140 valence electrons. The maximum atomic E-state index is 12.5. The van der Waals surface area contributed by atoms with Crippen molar-refractivity contribution >= 4 is 28.0 Å². The molecule has 1 N–H and O–H groups in total. The summed E-state index contributed by atoms with van der Waals surface area (Å²) in [5.74, 6) is -0.156. The number of likely N-dealkylation sites (tertiary alicyclic amines) is 1. The number of piperidine rings is 1. The molecule has 0 radical (unpaired) electrons. The minimum Gasteiger partial charge on any atom is -0.352 e. The molecule has 0 aliphatic carbocycles. The summed E-state index contributed by atoms with van der Waals surface area (Å²) >= 11 is 1.78. The molecular formula is C20H22N4O2S. The van der Waals surface area contributed by atoms with Crippen molar-refractivity contribution in [3.05, 3.63) is 63.2 Å². The average molecular weight is 382 g/mol. The molecule has 0 bridgehead atoms. The summed E-state index contributed by atoms with van der Waals surface area (Å²) in [6.45, 7) is 2.88. The van der Waals surface area contributed by atoms with Gasteiger partial charge in [0.15, 0.2) is 0 Å². The van der Waals surface area contributed by atoms with E-state index in [0.29, 0.717) is 5.39 Å². The Kier molecular flexibility index (Phi) is 5.31. The van der Waals surface area contributed by atoms with Crippen molar-refractivity contribution in [2.24, 2.45) is 0 Å². The number of thiophene rings is 1. The van der Waals surface area contributed by atoms with Crippen LogP contribution in [-0.2, 0) is 17.9 Å². The van der Waals surface area contributed by atoms with E-state index in [9.17, 15) is 9.59 Å². The van der Waals surface area contributed by atoms with Gasteiger partial charge in [-0.05, 0) is 30.4 Å². The van der Waals surface area contributed by atoms with Gasteiger partial charge >= 0.3 is 0 Å². The van der Waals surface area contributed by atoms with Crippen LogP contribution < -0.4 is 10.9 Å². The summed E-state index contributed by atoms with van der Waals surface area (Å²) in [7, 11) is 0. The lowest BCUT2D eigenvalue weighted by Crippen LogP contribution is -2.46. The fourth-order valence-corrected chi connectivity index (χ4v) is 4.25. The van der Waals surface area contributed by atoms with Crippen molar-refractivity contribution < 1.29 is 4.79 Å². The second-order valence-electron chi connectivity index (χ2n) is 6.89. The van der Waals surface area contributed by atoms with E-state index >= 15 is 0 Å². The van der Waals surface area contributed by atoms with Gasteiger partial charge in [0.25, 0.3) is 5.56 Å². The molecular weight excluding hydrogens is 360 g/mol. The largest absolute Gasteiger partial charge is 0.352 e. The van der Waals surface area contributed by atoms with Crippen molar-refractivity contribution in [2.75, 3.05) is 13.1 Å². The third-order valence-corrected chi connectivity index (χ3v) is 5.83. The van der Waals surface area contributed by atoms with E-state index in [1.54, 1.807) is 23.6 Å². The summed E-state index contributed by atoms with van der Waals surface area (Å²) < 4.78 is 1.24. The molecule has 3 heterocycles. The first-order valence-electron chi connectivity index (χ1n) is 9.18. The van der Waals surface area contributed by atoms with Gasteiger partial charge in [0.05, 0.1) is 11.6 Å². The quantitative estimate of drug-likeness (QED) is 0.735. The van der Waals surface area contributed by atoms with Crippen LogP contribution in [0.3, 0.4) is 0 Å². The predicted molar refractivity (Wildman–Crippen MR) is 107 cm³/mol. The van der Waals surface area contributed by atoms with Crippen LogP contribution in [0.4, 0.5) is 0 Å². The van der Waals surface area contributed by atoms with Crippen LogP contribution >= 0.6 is 11.3 Å². The Morgan fingerprint density at radius 1 is 1.19 bits per heavy atom. The monoisotopic (exact) mass is 382 g/mol. The van der Waals surface area contributed by atoms with Gasteiger partial charge in [0, 0.05) is 35.9 Å². The minimum atomic E-state index is -0.228. The van der Waals surface area contributed by atoms with Crippen molar-refractivity contribution in [1.29, 1.82) is 0 Å². The molecule has 3 aromatic rings. The lowest BCUT2D eigenvalue weighted by Gasteiger charge is -2.32. The highest BCUT2D eigenvalue weighted by Gasteiger charge is 2.21. The molecule has 1 aromatic carbocycles. The van der Waals surface area contributed by atoms with E-state index in [0.717, 1.165) is 37.9 Å². The molecule has 0 saturated carbocycles. The molecule has 1 fully saturated rings. The lowest BCUT2D eigenvalue weighted by atomic mass is 10.0. The van der Waals surface area contributed by atoms with Gasteiger partial charge in [-0.2, -0.15) is 5.10 Å². The number of carbonyl (C=O) groups is 1. The maximum Gasteiger partial charge on any atom is 0.275 e. The van der Waals surface area contributed by atoms with Gasteiger partial charge in [0.2, 0.25) is 5.91 Å². The van der Waals surface area contributed by atoms with Gasteiger partial charge in [-0.1, -0.05) is 24.3 Å². The summed E-state index contributed by atoms with van der Waals surface area (Å²) in [6, 6.07) is 11.7. The Balaban J connectivity index is 1.31. The molecule has 1 amide bonds. The molecule has 1 saturated heterocycles. The van der Waals surface area contributed by atoms with Gasteiger partial charge < -0.3 is 5.32 Å². The fourth-order valence-electron chi connectivity index (χ4n) is 3.51. The minimum absolute atomic E-state index is 0.0426. The third-order valence-electron chi connectivity index (χ3n) is 4.97. The highest BCUT2D eigenvalue weighted by atomic mass is 32.1. The lowest BCUT2D eigenvalue weighted by molar-refractivity contribution is -0.122. The average Bonchev–Trinajstić information content (AvgIpc) is 3.19. The number of nitrogens with one attached hydrogen (secondary N) is 1. The molecule has 2 aromatic heterocycles. The Hall–Kier alpha value is -2.51. The van der Waals surface area contributed by atoms with E-state index in [2.05, 4.69) is 32.8 Å². The molecule has 0 atom stereocenters. The normalized spacial score (nSPS) is 15.9. The number of carbonyl (C=O) groups excluding carboxylic acids is 1. The van der Waals surface area contributed by atoms with Crippen LogP contribution in [0.25, 0.3) is 10.8 Å². The number of amides is 1. The number of nitrogens with zero attached hydrogens (tertiary/aromatic N) is 3. The Bertz CT molecular complexity index is 975. The zero-order chi connectivity index (χ0) is 18.6. The van der Waals surface area contributed by atoms with E-state index in [1.165, 1.54) is 9.56 Å². The number of hydrogen-bond acceptors (Lipinski definition) is 5. The molecule has 1 aliphatic heterocycles. The maximum absolute atomic E-state index is 12.5. The van der Waals surface area contributed by atoms with E-state index in [1.807, 2.05) is 18.2 Å². The molecule has 4 rings (SSSR count). The van der Waals surface area contributed by atoms with Crippen LogP contribution in [0.5, 0.6) is 0 Å². The summed E-state index contributed by atoms with van der Waals surface area (Å²) in [6.07, 6.45) is 3.49. The number of aromatic nitrogens is 2. The van der Waals surface area contributed by atoms with Crippen LogP contribution in [-0.4, -0.2) is 39.7 Å². The number of fused-ring (bicyclic) bond motifs is 1. The first-order valence-corrected chi connectivity index (χ1v) is 10.1. The molecule has 27 heavy (non-hydrogen) atoms. The zero-order valence-corrected chi connectivity index (χ0v) is 15.8. The third kappa shape index (κ3) is 4.26. The molecule has 7 heteroatoms. The first-order chi connectivity index (χ1) is 13.2. The topological polar surface area (TPSA) is 67.2 Å². The van der Waals surface area contributed by atoms with Crippen molar-refractivity contribution in [1.82, 2.24) is 20.0 Å². The smallest absolute Gasteiger partial charge is 0.275 e. The Labute approximate surface area is 161 Å². The predicted octanol–water partition coefficient (Wildman–Crippen LogP) is 2.24. The Morgan fingerprint density at radius 3 is 2.78 bits per heavy atom. The SMILES string of the molecule is O=C(Cn1ncc2ccccc2c1=O)NC1CCN(Cc2cccs2)CC1. The number of rotatable bonds is 5.